The first-order valence-electron chi connectivity index (χ1n) is 8.31. The van der Waals surface area contributed by atoms with Crippen LogP contribution in [-0.4, -0.2) is 18.7 Å². The molecule has 26 heavy (non-hydrogen) atoms. The zero-order chi connectivity index (χ0) is 18.3. The molecule has 1 aromatic heterocycles. The summed E-state index contributed by atoms with van der Waals surface area (Å²) >= 11 is 0. The molecule has 1 heterocycles. The molecule has 1 aliphatic carbocycles. The van der Waals surface area contributed by atoms with Gasteiger partial charge in [0.05, 0.1) is 10.6 Å². The molecule has 0 saturated heterocycles. The van der Waals surface area contributed by atoms with E-state index in [2.05, 4.69) is 0 Å². The number of aldehydes is 1. The lowest BCUT2D eigenvalue weighted by Crippen LogP contribution is -2.14. The van der Waals surface area contributed by atoms with Crippen molar-refractivity contribution in [3.63, 3.8) is 0 Å². The van der Waals surface area contributed by atoms with Gasteiger partial charge in [-0.05, 0) is 48.6 Å². The molecule has 2 aromatic carbocycles. The Morgan fingerprint density at radius 1 is 1.04 bits per heavy atom. The van der Waals surface area contributed by atoms with Crippen molar-refractivity contribution in [1.29, 1.82) is 0 Å². The van der Waals surface area contributed by atoms with E-state index < -0.39 is 15.8 Å². The minimum Gasteiger partial charge on any atom is -0.298 e. The van der Waals surface area contributed by atoms with Crippen molar-refractivity contribution in [3.8, 4) is 11.3 Å². The second kappa shape index (κ2) is 6.21. The van der Waals surface area contributed by atoms with E-state index in [1.807, 2.05) is 24.3 Å². The third-order valence-electron chi connectivity index (χ3n) is 4.74. The fraction of sp³-hybridized carbons (Fsp3) is 0.150. The Morgan fingerprint density at radius 2 is 1.85 bits per heavy atom. The molecule has 4 nitrogen and oxygen atoms in total. The first-order valence-corrected chi connectivity index (χ1v) is 9.75. The zero-order valence-corrected chi connectivity index (χ0v) is 14.7. The van der Waals surface area contributed by atoms with Gasteiger partial charge in [-0.3, -0.25) is 4.79 Å². The fourth-order valence-corrected chi connectivity index (χ4v) is 4.98. The highest BCUT2D eigenvalue weighted by atomic mass is 32.2. The van der Waals surface area contributed by atoms with Gasteiger partial charge in [0.1, 0.15) is 5.82 Å². The van der Waals surface area contributed by atoms with Gasteiger partial charge in [-0.2, -0.15) is 0 Å². The second-order valence-corrected chi connectivity index (χ2v) is 8.11. The minimum absolute atomic E-state index is 0.144. The van der Waals surface area contributed by atoms with Crippen molar-refractivity contribution in [2.75, 3.05) is 0 Å². The number of aryl methyl sites for hydroxylation is 1. The van der Waals surface area contributed by atoms with Crippen LogP contribution in [0.4, 0.5) is 4.39 Å². The number of fused-ring (bicyclic) bond motifs is 3. The molecular weight excluding hydrogens is 353 g/mol. The maximum Gasteiger partial charge on any atom is 0.268 e. The van der Waals surface area contributed by atoms with E-state index in [-0.39, 0.29) is 4.90 Å². The van der Waals surface area contributed by atoms with Crippen molar-refractivity contribution in [2.24, 2.45) is 0 Å². The highest BCUT2D eigenvalue weighted by Gasteiger charge is 2.28. The van der Waals surface area contributed by atoms with Gasteiger partial charge < -0.3 is 0 Å². The predicted molar refractivity (Wildman–Crippen MR) is 96.3 cm³/mol. The largest absolute Gasteiger partial charge is 0.298 e. The summed E-state index contributed by atoms with van der Waals surface area (Å²) in [5.41, 5.74) is 3.43. The van der Waals surface area contributed by atoms with Gasteiger partial charge in [0.2, 0.25) is 0 Å². The Labute approximate surface area is 151 Å². The van der Waals surface area contributed by atoms with Crippen LogP contribution in [0.25, 0.3) is 11.3 Å². The summed E-state index contributed by atoms with van der Waals surface area (Å²) in [4.78, 5) is 11.4. The number of rotatable bonds is 3. The Bertz CT molecular complexity index is 1120. The molecule has 4 rings (SSSR count). The molecule has 6 heteroatoms. The molecule has 0 aliphatic heterocycles. The van der Waals surface area contributed by atoms with E-state index in [9.17, 15) is 17.6 Å². The monoisotopic (exact) mass is 369 g/mol. The number of hydrogen-bond donors (Lipinski definition) is 0. The SMILES string of the molecule is O=Cc1cn(S(=O)(=O)c2cccc(F)c2)c2c1CCCc1ccccc1-2. The molecule has 0 saturated carbocycles. The van der Waals surface area contributed by atoms with Gasteiger partial charge in [-0.1, -0.05) is 30.3 Å². The maximum atomic E-state index is 13.6. The summed E-state index contributed by atoms with van der Waals surface area (Å²) in [5, 5.41) is 0. The van der Waals surface area contributed by atoms with E-state index in [1.54, 1.807) is 0 Å². The minimum atomic E-state index is -4.03. The lowest BCUT2D eigenvalue weighted by molar-refractivity contribution is 0.112. The number of halogens is 1. The van der Waals surface area contributed by atoms with Crippen LogP contribution in [0, 0.1) is 5.82 Å². The summed E-state index contributed by atoms with van der Waals surface area (Å²) in [6.07, 6.45) is 4.28. The zero-order valence-electron chi connectivity index (χ0n) is 13.9. The smallest absolute Gasteiger partial charge is 0.268 e. The van der Waals surface area contributed by atoms with Gasteiger partial charge in [-0.25, -0.2) is 16.8 Å². The fourth-order valence-electron chi connectivity index (χ4n) is 3.54. The van der Waals surface area contributed by atoms with Crippen LogP contribution in [0.1, 0.15) is 27.9 Å². The quantitative estimate of drug-likeness (QED) is 0.659. The lowest BCUT2D eigenvalue weighted by atomic mass is 10.0. The Balaban J connectivity index is 2.04. The van der Waals surface area contributed by atoms with Crippen molar-refractivity contribution < 1.29 is 17.6 Å². The molecule has 0 bridgehead atoms. The average Bonchev–Trinajstić information content (AvgIpc) is 2.91. The van der Waals surface area contributed by atoms with Crippen LogP contribution in [-0.2, 0) is 22.9 Å². The molecule has 0 fully saturated rings. The maximum absolute atomic E-state index is 13.6. The van der Waals surface area contributed by atoms with Crippen molar-refractivity contribution in [3.05, 3.63) is 77.2 Å². The number of carbonyl (C=O) groups is 1. The third-order valence-corrected chi connectivity index (χ3v) is 6.39. The van der Waals surface area contributed by atoms with Crippen LogP contribution in [0.2, 0.25) is 0 Å². The van der Waals surface area contributed by atoms with Crippen LogP contribution < -0.4 is 0 Å². The molecule has 0 unspecified atom stereocenters. The first-order chi connectivity index (χ1) is 12.5. The van der Waals surface area contributed by atoms with Crippen LogP contribution in [0.5, 0.6) is 0 Å². The molecule has 132 valence electrons. The van der Waals surface area contributed by atoms with E-state index in [4.69, 9.17) is 0 Å². The first kappa shape index (κ1) is 16.7. The number of aromatic nitrogens is 1. The van der Waals surface area contributed by atoms with Gasteiger partial charge in [0.15, 0.2) is 6.29 Å². The number of hydrogen-bond acceptors (Lipinski definition) is 3. The van der Waals surface area contributed by atoms with Crippen LogP contribution in [0.15, 0.2) is 59.6 Å². The number of carbonyl (C=O) groups excluding carboxylic acids is 1. The van der Waals surface area contributed by atoms with Gasteiger partial charge in [0.25, 0.3) is 10.0 Å². The summed E-state index contributed by atoms with van der Waals surface area (Å²) in [7, 11) is -4.03. The highest BCUT2D eigenvalue weighted by Crippen LogP contribution is 2.37. The molecule has 0 radical (unpaired) electrons. The molecule has 0 atom stereocenters. The lowest BCUT2D eigenvalue weighted by Gasteiger charge is -2.13. The average molecular weight is 369 g/mol. The molecule has 0 N–H and O–H groups in total. The predicted octanol–water partition coefficient (Wildman–Crippen LogP) is 3.83. The van der Waals surface area contributed by atoms with E-state index in [0.29, 0.717) is 24.0 Å². The van der Waals surface area contributed by atoms with Crippen molar-refractivity contribution >= 4 is 16.3 Å². The van der Waals surface area contributed by atoms with Crippen LogP contribution >= 0.6 is 0 Å². The molecular formula is C20H16FNO3S. The Hall–Kier alpha value is -2.73. The van der Waals surface area contributed by atoms with Crippen molar-refractivity contribution in [1.82, 2.24) is 3.97 Å². The Morgan fingerprint density at radius 3 is 2.62 bits per heavy atom. The van der Waals surface area contributed by atoms with Gasteiger partial charge in [0, 0.05) is 17.3 Å². The van der Waals surface area contributed by atoms with E-state index in [0.717, 1.165) is 39.6 Å². The summed E-state index contributed by atoms with van der Waals surface area (Å²) in [6.45, 7) is 0. The summed E-state index contributed by atoms with van der Waals surface area (Å²) in [6, 6.07) is 12.5. The standard InChI is InChI=1S/C20H16FNO3S/c21-16-7-4-8-17(11-16)26(24,25)22-12-15(13-23)19-10-3-6-14-5-1-2-9-18(14)20(19)22/h1-2,4-5,7-9,11-13H,3,6,10H2. The third kappa shape index (κ3) is 2.57. The van der Waals surface area contributed by atoms with Gasteiger partial charge in [-0.15, -0.1) is 0 Å². The Kier molecular flexibility index (Phi) is 4.00. The van der Waals surface area contributed by atoms with E-state index >= 15 is 0 Å². The normalized spacial score (nSPS) is 13.6. The summed E-state index contributed by atoms with van der Waals surface area (Å²) in [5.74, 6) is -0.625. The summed E-state index contributed by atoms with van der Waals surface area (Å²) < 4.78 is 41.1. The molecule has 3 aromatic rings. The van der Waals surface area contributed by atoms with Gasteiger partial charge >= 0.3 is 0 Å². The van der Waals surface area contributed by atoms with Crippen molar-refractivity contribution in [2.45, 2.75) is 24.2 Å². The topological polar surface area (TPSA) is 56.1 Å². The van der Waals surface area contributed by atoms with E-state index in [1.165, 1.54) is 24.4 Å². The second-order valence-electron chi connectivity index (χ2n) is 6.30. The molecule has 1 aliphatic rings. The molecule has 0 spiro atoms. The number of benzene rings is 2. The van der Waals surface area contributed by atoms with Crippen LogP contribution in [0.3, 0.4) is 0 Å². The highest BCUT2D eigenvalue weighted by molar-refractivity contribution is 7.90. The molecule has 0 amide bonds. The number of nitrogens with zero attached hydrogens (tertiary/aromatic N) is 1.